The largest absolute Gasteiger partial charge is 0.493 e. The molecule has 2 aromatic rings. The Morgan fingerprint density at radius 1 is 1.09 bits per heavy atom. The molecule has 0 saturated heterocycles. The highest BCUT2D eigenvalue weighted by atomic mass is 19.4. The maximum absolute atomic E-state index is 13.2. The summed E-state index contributed by atoms with van der Waals surface area (Å²) >= 11 is 0. The number of nitrogens with zero attached hydrogens (tertiary/aromatic N) is 1. The molecule has 0 heterocycles. The van der Waals surface area contributed by atoms with Crippen LogP contribution in [0.1, 0.15) is 36.7 Å². The van der Waals surface area contributed by atoms with Crippen LogP contribution in [0.3, 0.4) is 0 Å². The van der Waals surface area contributed by atoms with Gasteiger partial charge in [-0.05, 0) is 43.2 Å². The lowest BCUT2D eigenvalue weighted by molar-refractivity contribution is -0.385. The third kappa shape index (κ3) is 6.69. The number of rotatable bonds is 8. The molecule has 1 amide bonds. The van der Waals surface area contributed by atoms with Crippen LogP contribution in [-0.4, -0.2) is 29.5 Å². The van der Waals surface area contributed by atoms with Crippen molar-refractivity contribution in [3.63, 3.8) is 0 Å². The van der Waals surface area contributed by atoms with Gasteiger partial charge in [0.1, 0.15) is 5.75 Å². The maximum Gasteiger partial charge on any atom is 0.418 e. The van der Waals surface area contributed by atoms with E-state index in [9.17, 15) is 32.9 Å². The first kappa shape index (κ1) is 24.6. The number of halogens is 3. The van der Waals surface area contributed by atoms with Crippen molar-refractivity contribution in [2.45, 2.75) is 33.1 Å². The van der Waals surface area contributed by atoms with Crippen LogP contribution in [0.5, 0.6) is 5.75 Å². The van der Waals surface area contributed by atoms with Crippen LogP contribution in [0.4, 0.5) is 24.5 Å². The molecule has 172 valence electrons. The highest BCUT2D eigenvalue weighted by Crippen LogP contribution is 2.37. The monoisotopic (exact) mass is 454 g/mol. The standard InChI is InChI=1S/C21H21F3N2O6/c1-12(2)11-31-16-7-4-14(5-8-16)20(28)32-13(3)19(27)25-18-9-6-15(26(29)30)10-17(18)21(22,23)24/h4-10,12-13H,11H2,1-3H3,(H,25,27). The summed E-state index contributed by atoms with van der Waals surface area (Å²) in [7, 11) is 0. The lowest BCUT2D eigenvalue weighted by atomic mass is 10.1. The van der Waals surface area contributed by atoms with E-state index in [0.717, 1.165) is 12.1 Å². The van der Waals surface area contributed by atoms with Crippen molar-refractivity contribution in [2.75, 3.05) is 11.9 Å². The van der Waals surface area contributed by atoms with E-state index in [1.165, 1.54) is 19.1 Å². The normalized spacial score (nSPS) is 12.2. The summed E-state index contributed by atoms with van der Waals surface area (Å²) in [5, 5.41) is 12.7. The number of carbonyl (C=O) groups is 2. The summed E-state index contributed by atoms with van der Waals surface area (Å²) in [5.74, 6) is -1.04. The summed E-state index contributed by atoms with van der Waals surface area (Å²) in [6.45, 7) is 5.63. The fourth-order valence-electron chi connectivity index (χ4n) is 2.46. The third-order valence-corrected chi connectivity index (χ3v) is 4.10. The van der Waals surface area contributed by atoms with Gasteiger partial charge < -0.3 is 14.8 Å². The minimum absolute atomic E-state index is 0.118. The summed E-state index contributed by atoms with van der Waals surface area (Å²) < 4.78 is 50.2. The van der Waals surface area contributed by atoms with Gasteiger partial charge in [0, 0.05) is 12.1 Å². The van der Waals surface area contributed by atoms with E-state index in [4.69, 9.17) is 9.47 Å². The van der Waals surface area contributed by atoms with Crippen molar-refractivity contribution in [1.29, 1.82) is 0 Å². The van der Waals surface area contributed by atoms with Gasteiger partial charge in [-0.15, -0.1) is 0 Å². The minimum atomic E-state index is -4.95. The van der Waals surface area contributed by atoms with E-state index in [1.54, 1.807) is 12.1 Å². The number of hydrogen-bond acceptors (Lipinski definition) is 6. The zero-order valence-corrected chi connectivity index (χ0v) is 17.4. The van der Waals surface area contributed by atoms with E-state index in [1.807, 2.05) is 19.2 Å². The van der Waals surface area contributed by atoms with Crippen LogP contribution in [0.15, 0.2) is 42.5 Å². The number of non-ortho nitro benzene ring substituents is 1. The Hall–Kier alpha value is -3.63. The Labute approximate surface area is 181 Å². The van der Waals surface area contributed by atoms with Crippen LogP contribution >= 0.6 is 0 Å². The second kappa shape index (κ2) is 10.1. The zero-order valence-electron chi connectivity index (χ0n) is 17.4. The number of alkyl halides is 3. The molecular formula is C21H21F3N2O6. The van der Waals surface area contributed by atoms with Crippen LogP contribution in [0, 0.1) is 16.0 Å². The van der Waals surface area contributed by atoms with Crippen LogP contribution < -0.4 is 10.1 Å². The smallest absolute Gasteiger partial charge is 0.418 e. The average Bonchev–Trinajstić information content (AvgIpc) is 2.71. The average molecular weight is 454 g/mol. The number of nitrogens with one attached hydrogen (secondary N) is 1. The molecule has 1 N–H and O–H groups in total. The first-order valence-electron chi connectivity index (χ1n) is 9.48. The van der Waals surface area contributed by atoms with Gasteiger partial charge in [0.15, 0.2) is 6.10 Å². The molecule has 0 saturated carbocycles. The Morgan fingerprint density at radius 3 is 2.25 bits per heavy atom. The molecule has 0 aliphatic rings. The molecule has 8 nitrogen and oxygen atoms in total. The molecule has 11 heteroatoms. The molecular weight excluding hydrogens is 433 g/mol. The summed E-state index contributed by atoms with van der Waals surface area (Å²) in [5.41, 5.74) is -2.75. The lowest BCUT2D eigenvalue weighted by Gasteiger charge is -2.17. The van der Waals surface area contributed by atoms with Gasteiger partial charge in [0.25, 0.3) is 11.6 Å². The number of esters is 1. The van der Waals surface area contributed by atoms with Crippen LogP contribution in [0.25, 0.3) is 0 Å². The number of nitro groups is 1. The van der Waals surface area contributed by atoms with E-state index < -0.39 is 46.0 Å². The van der Waals surface area contributed by atoms with Gasteiger partial charge in [-0.1, -0.05) is 13.8 Å². The Kier molecular flexibility index (Phi) is 7.79. The Morgan fingerprint density at radius 2 is 1.72 bits per heavy atom. The number of hydrogen-bond donors (Lipinski definition) is 1. The van der Waals surface area contributed by atoms with Gasteiger partial charge in [-0.25, -0.2) is 4.79 Å². The summed E-state index contributed by atoms with van der Waals surface area (Å²) in [6.07, 6.45) is -6.39. The number of nitro benzene ring substituents is 1. The van der Waals surface area contributed by atoms with Gasteiger partial charge in [-0.2, -0.15) is 13.2 Å². The van der Waals surface area contributed by atoms with Gasteiger partial charge >= 0.3 is 12.1 Å². The Balaban J connectivity index is 2.07. The van der Waals surface area contributed by atoms with E-state index in [2.05, 4.69) is 0 Å². The highest BCUT2D eigenvalue weighted by molar-refractivity contribution is 5.98. The zero-order chi connectivity index (χ0) is 24.1. The van der Waals surface area contributed by atoms with Crippen molar-refractivity contribution in [3.05, 3.63) is 63.7 Å². The van der Waals surface area contributed by atoms with Crippen LogP contribution in [0.2, 0.25) is 0 Å². The fraction of sp³-hybridized carbons (Fsp3) is 0.333. The number of ether oxygens (including phenoxy) is 2. The molecule has 0 radical (unpaired) electrons. The molecule has 1 unspecified atom stereocenters. The molecule has 1 atom stereocenters. The van der Waals surface area contributed by atoms with Crippen molar-refractivity contribution < 1.29 is 37.2 Å². The molecule has 0 aliphatic heterocycles. The third-order valence-electron chi connectivity index (χ3n) is 4.10. The van der Waals surface area contributed by atoms with E-state index >= 15 is 0 Å². The van der Waals surface area contributed by atoms with Crippen molar-refractivity contribution in [2.24, 2.45) is 5.92 Å². The van der Waals surface area contributed by atoms with Crippen molar-refractivity contribution in [3.8, 4) is 5.75 Å². The second-order valence-electron chi connectivity index (χ2n) is 7.25. The topological polar surface area (TPSA) is 108 Å². The van der Waals surface area contributed by atoms with E-state index in [-0.39, 0.29) is 5.56 Å². The fourth-order valence-corrected chi connectivity index (χ4v) is 2.46. The molecule has 2 rings (SSSR count). The summed E-state index contributed by atoms with van der Waals surface area (Å²) in [4.78, 5) is 34.3. The lowest BCUT2D eigenvalue weighted by Crippen LogP contribution is -2.30. The molecule has 0 aromatic heterocycles. The molecule has 0 bridgehead atoms. The first-order chi connectivity index (χ1) is 14.9. The highest BCUT2D eigenvalue weighted by Gasteiger charge is 2.36. The molecule has 0 aliphatic carbocycles. The number of carbonyl (C=O) groups excluding carboxylic acids is 2. The number of amides is 1. The van der Waals surface area contributed by atoms with E-state index in [0.29, 0.717) is 24.3 Å². The summed E-state index contributed by atoms with van der Waals surface area (Å²) in [6, 6.07) is 7.87. The van der Waals surface area contributed by atoms with Crippen LogP contribution in [-0.2, 0) is 15.7 Å². The minimum Gasteiger partial charge on any atom is -0.493 e. The second-order valence-corrected chi connectivity index (χ2v) is 7.25. The predicted octanol–water partition coefficient (Wildman–Crippen LogP) is 4.83. The van der Waals surface area contributed by atoms with Crippen molar-refractivity contribution >= 4 is 23.3 Å². The maximum atomic E-state index is 13.2. The Bertz CT molecular complexity index is 990. The SMILES string of the molecule is CC(C)COc1ccc(C(=O)OC(C)C(=O)Nc2ccc([N+](=O)[O-])cc2C(F)(F)F)cc1. The van der Waals surface area contributed by atoms with Gasteiger partial charge in [0.05, 0.1) is 28.3 Å². The molecule has 32 heavy (non-hydrogen) atoms. The van der Waals surface area contributed by atoms with Crippen molar-refractivity contribution in [1.82, 2.24) is 0 Å². The quantitative estimate of drug-likeness (QED) is 0.348. The molecule has 0 fully saturated rings. The molecule has 0 spiro atoms. The first-order valence-corrected chi connectivity index (χ1v) is 9.48. The van der Waals surface area contributed by atoms with Gasteiger partial charge in [0.2, 0.25) is 0 Å². The number of benzene rings is 2. The number of anilines is 1. The predicted molar refractivity (Wildman–Crippen MR) is 108 cm³/mol. The van der Waals surface area contributed by atoms with Gasteiger partial charge in [-0.3, -0.25) is 14.9 Å². The molecule has 2 aromatic carbocycles.